The average Bonchev–Trinajstić information content (AvgIpc) is 3.00. The molecule has 0 bridgehead atoms. The topological polar surface area (TPSA) is 100 Å². The van der Waals surface area contributed by atoms with E-state index >= 15 is 0 Å². The van der Waals surface area contributed by atoms with Crippen molar-refractivity contribution >= 4 is 34.2 Å². The first-order chi connectivity index (χ1) is 14.3. The summed E-state index contributed by atoms with van der Waals surface area (Å²) in [6.07, 6.45) is 0. The summed E-state index contributed by atoms with van der Waals surface area (Å²) in [5.41, 5.74) is 1.26. The molecule has 0 fully saturated rings. The number of anilines is 1. The molecule has 9 heteroatoms. The summed E-state index contributed by atoms with van der Waals surface area (Å²) in [6.45, 7) is 7.63. The van der Waals surface area contributed by atoms with Gasteiger partial charge in [0.15, 0.2) is 18.1 Å². The van der Waals surface area contributed by atoms with E-state index in [1.54, 1.807) is 13.0 Å². The van der Waals surface area contributed by atoms with Crippen LogP contribution in [0.15, 0.2) is 18.2 Å². The van der Waals surface area contributed by atoms with Crippen LogP contribution in [-0.2, 0) is 14.3 Å². The molecule has 0 aliphatic rings. The highest BCUT2D eigenvalue weighted by molar-refractivity contribution is 7.16. The third-order valence-corrected chi connectivity index (χ3v) is 5.26. The van der Waals surface area contributed by atoms with Crippen molar-refractivity contribution in [1.82, 2.24) is 0 Å². The summed E-state index contributed by atoms with van der Waals surface area (Å²) >= 11 is 1.25. The lowest BCUT2D eigenvalue weighted by Crippen LogP contribution is -2.21. The van der Waals surface area contributed by atoms with Gasteiger partial charge < -0.3 is 24.3 Å². The lowest BCUT2D eigenvalue weighted by molar-refractivity contribution is -0.119. The van der Waals surface area contributed by atoms with Gasteiger partial charge in [0.05, 0.1) is 31.5 Å². The Hall–Kier alpha value is -3.07. The quantitative estimate of drug-likeness (QED) is 0.599. The minimum Gasteiger partial charge on any atom is -0.490 e. The van der Waals surface area contributed by atoms with Crippen molar-refractivity contribution in [2.24, 2.45) is 0 Å². The third-order valence-electron chi connectivity index (χ3n) is 4.14. The number of carbonyl (C=O) groups excluding carboxylic acids is 3. The minimum absolute atomic E-state index is 0.229. The van der Waals surface area contributed by atoms with Crippen LogP contribution in [0.5, 0.6) is 11.5 Å². The molecule has 2 rings (SSSR count). The first-order valence-corrected chi connectivity index (χ1v) is 10.2. The maximum absolute atomic E-state index is 12.3. The molecule has 0 saturated carbocycles. The molecule has 1 heterocycles. The molecule has 1 aromatic heterocycles. The van der Waals surface area contributed by atoms with Crippen LogP contribution in [0.25, 0.3) is 0 Å². The molecule has 2 aromatic rings. The van der Waals surface area contributed by atoms with Crippen molar-refractivity contribution in [2.75, 3.05) is 32.2 Å². The molecule has 0 atom stereocenters. The molecule has 30 heavy (non-hydrogen) atoms. The number of methoxy groups -OCH3 is 1. The normalized spacial score (nSPS) is 10.3. The largest absolute Gasteiger partial charge is 0.490 e. The van der Waals surface area contributed by atoms with E-state index in [-0.39, 0.29) is 5.56 Å². The molecule has 1 N–H and O–H groups in total. The monoisotopic (exact) mass is 435 g/mol. The standard InChI is InChI=1S/C21H25NO7S/c1-6-27-15-9-8-14(10-16(15)28-7-2)20(24)29-11-17(23)22-19-18(21(25)26-5)12(3)13(4)30-19/h8-10H,6-7,11H2,1-5H3,(H,22,23). The van der Waals surface area contributed by atoms with Gasteiger partial charge in [0.25, 0.3) is 5.91 Å². The number of carbonyl (C=O) groups is 3. The molecule has 8 nitrogen and oxygen atoms in total. The van der Waals surface area contributed by atoms with Crippen molar-refractivity contribution in [3.8, 4) is 11.5 Å². The van der Waals surface area contributed by atoms with E-state index in [0.29, 0.717) is 35.3 Å². The van der Waals surface area contributed by atoms with Gasteiger partial charge in [-0.3, -0.25) is 4.79 Å². The second-order valence-electron chi connectivity index (χ2n) is 6.13. The highest BCUT2D eigenvalue weighted by Crippen LogP contribution is 2.33. The Morgan fingerprint density at radius 1 is 1.00 bits per heavy atom. The fraction of sp³-hybridized carbons (Fsp3) is 0.381. The van der Waals surface area contributed by atoms with Crippen molar-refractivity contribution in [3.63, 3.8) is 0 Å². The van der Waals surface area contributed by atoms with Crippen LogP contribution in [-0.4, -0.2) is 44.8 Å². The molecule has 0 spiro atoms. The molecule has 0 saturated heterocycles. The zero-order valence-electron chi connectivity index (χ0n) is 17.6. The summed E-state index contributed by atoms with van der Waals surface area (Å²) in [5.74, 6) is -0.841. The Bertz CT molecular complexity index is 936. The summed E-state index contributed by atoms with van der Waals surface area (Å²) < 4.78 is 20.8. The Balaban J connectivity index is 2.05. The van der Waals surface area contributed by atoms with Crippen LogP contribution < -0.4 is 14.8 Å². The van der Waals surface area contributed by atoms with E-state index in [0.717, 1.165) is 10.4 Å². The first-order valence-electron chi connectivity index (χ1n) is 9.37. The Kier molecular flexibility index (Phi) is 8.23. The predicted octanol–water partition coefficient (Wildman–Crippen LogP) is 3.74. The molecular formula is C21H25NO7S. The van der Waals surface area contributed by atoms with Crippen molar-refractivity contribution in [2.45, 2.75) is 27.7 Å². The van der Waals surface area contributed by atoms with E-state index in [2.05, 4.69) is 5.32 Å². The number of thiophene rings is 1. The number of amides is 1. The van der Waals surface area contributed by atoms with Crippen LogP contribution in [0.4, 0.5) is 5.00 Å². The van der Waals surface area contributed by atoms with Gasteiger partial charge in [-0.1, -0.05) is 0 Å². The smallest absolute Gasteiger partial charge is 0.341 e. The van der Waals surface area contributed by atoms with Gasteiger partial charge in [0, 0.05) is 4.88 Å². The number of rotatable bonds is 9. The first kappa shape index (κ1) is 23.2. The minimum atomic E-state index is -0.680. The van der Waals surface area contributed by atoms with Crippen LogP contribution in [0.2, 0.25) is 0 Å². The summed E-state index contributed by atoms with van der Waals surface area (Å²) in [5, 5.41) is 2.97. The van der Waals surface area contributed by atoms with Crippen LogP contribution in [0.3, 0.4) is 0 Å². The predicted molar refractivity (Wildman–Crippen MR) is 113 cm³/mol. The number of ether oxygens (including phenoxy) is 4. The Morgan fingerprint density at radius 2 is 1.67 bits per heavy atom. The number of nitrogens with one attached hydrogen (secondary N) is 1. The number of aryl methyl sites for hydroxylation is 1. The van der Waals surface area contributed by atoms with E-state index in [1.807, 2.05) is 20.8 Å². The number of hydrogen-bond acceptors (Lipinski definition) is 8. The third kappa shape index (κ3) is 5.50. The van der Waals surface area contributed by atoms with Crippen molar-refractivity contribution in [1.29, 1.82) is 0 Å². The molecule has 1 amide bonds. The van der Waals surface area contributed by atoms with E-state index in [9.17, 15) is 14.4 Å². The SMILES string of the molecule is CCOc1ccc(C(=O)OCC(=O)Nc2sc(C)c(C)c2C(=O)OC)cc1OCC. The van der Waals surface area contributed by atoms with Crippen molar-refractivity contribution < 1.29 is 33.3 Å². The molecule has 1 aromatic carbocycles. The fourth-order valence-electron chi connectivity index (χ4n) is 2.62. The lowest BCUT2D eigenvalue weighted by Gasteiger charge is -2.12. The van der Waals surface area contributed by atoms with E-state index < -0.39 is 24.5 Å². The van der Waals surface area contributed by atoms with Crippen LogP contribution in [0.1, 0.15) is 45.0 Å². The zero-order chi connectivity index (χ0) is 22.3. The second kappa shape index (κ2) is 10.6. The molecule has 0 unspecified atom stereocenters. The van der Waals surface area contributed by atoms with Gasteiger partial charge >= 0.3 is 11.9 Å². The number of benzene rings is 1. The van der Waals surface area contributed by atoms with Gasteiger partial charge in [0.1, 0.15) is 5.00 Å². The lowest BCUT2D eigenvalue weighted by atomic mass is 10.1. The summed E-state index contributed by atoms with van der Waals surface area (Å²) in [7, 11) is 1.27. The maximum atomic E-state index is 12.3. The molecule has 162 valence electrons. The van der Waals surface area contributed by atoms with Gasteiger partial charge in [-0.25, -0.2) is 9.59 Å². The fourth-order valence-corrected chi connectivity index (χ4v) is 3.68. The number of hydrogen-bond donors (Lipinski definition) is 1. The van der Waals surface area contributed by atoms with Crippen LogP contribution >= 0.6 is 11.3 Å². The molecule has 0 radical (unpaired) electrons. The highest BCUT2D eigenvalue weighted by atomic mass is 32.1. The second-order valence-corrected chi connectivity index (χ2v) is 7.36. The van der Waals surface area contributed by atoms with Gasteiger partial charge in [-0.2, -0.15) is 0 Å². The average molecular weight is 435 g/mol. The molecular weight excluding hydrogens is 410 g/mol. The summed E-state index contributed by atoms with van der Waals surface area (Å²) in [6, 6.07) is 4.66. The Labute approximate surface area is 179 Å². The van der Waals surface area contributed by atoms with E-state index in [4.69, 9.17) is 18.9 Å². The van der Waals surface area contributed by atoms with Gasteiger partial charge in [0.2, 0.25) is 0 Å². The Morgan fingerprint density at radius 3 is 2.30 bits per heavy atom. The zero-order valence-corrected chi connectivity index (χ0v) is 18.4. The number of esters is 2. The van der Waals surface area contributed by atoms with Crippen LogP contribution in [0, 0.1) is 13.8 Å². The van der Waals surface area contributed by atoms with Crippen molar-refractivity contribution in [3.05, 3.63) is 39.8 Å². The maximum Gasteiger partial charge on any atom is 0.341 e. The molecule has 0 aliphatic carbocycles. The molecule has 0 aliphatic heterocycles. The summed E-state index contributed by atoms with van der Waals surface area (Å²) in [4.78, 5) is 37.5. The highest BCUT2D eigenvalue weighted by Gasteiger charge is 2.22. The van der Waals surface area contributed by atoms with E-state index in [1.165, 1.54) is 30.6 Å². The van der Waals surface area contributed by atoms with Gasteiger partial charge in [-0.15, -0.1) is 11.3 Å². The van der Waals surface area contributed by atoms with Gasteiger partial charge in [-0.05, 0) is 51.5 Å².